The van der Waals surface area contributed by atoms with E-state index in [1.54, 1.807) is 24.3 Å². The summed E-state index contributed by atoms with van der Waals surface area (Å²) in [6.45, 7) is 7.29. The molecule has 160 valence electrons. The van der Waals surface area contributed by atoms with E-state index in [1.807, 2.05) is 27.7 Å². The van der Waals surface area contributed by atoms with Crippen LogP contribution in [0.4, 0.5) is 0 Å². The van der Waals surface area contributed by atoms with E-state index in [-0.39, 0.29) is 22.2 Å². The Bertz CT molecular complexity index is 1010. The Balaban J connectivity index is 1.95. The maximum Gasteiger partial charge on any atom is 0.296 e. The third-order valence-electron chi connectivity index (χ3n) is 4.30. The fourth-order valence-electron chi connectivity index (χ4n) is 2.64. The Morgan fingerprint density at radius 1 is 0.862 bits per heavy atom. The molecule has 0 aliphatic carbocycles. The van der Waals surface area contributed by atoms with Crippen LogP contribution in [0, 0.1) is 6.92 Å². The summed E-state index contributed by atoms with van der Waals surface area (Å²) >= 11 is 0. The van der Waals surface area contributed by atoms with Crippen LogP contribution in [-0.4, -0.2) is 34.8 Å². The Morgan fingerprint density at radius 2 is 1.41 bits per heavy atom. The van der Waals surface area contributed by atoms with Crippen LogP contribution in [0.15, 0.2) is 58.3 Å². The maximum absolute atomic E-state index is 12.3. The minimum Gasteiger partial charge on any atom is -0.488 e. The van der Waals surface area contributed by atoms with Crippen LogP contribution < -0.4 is 4.74 Å². The smallest absolute Gasteiger partial charge is 0.296 e. The van der Waals surface area contributed by atoms with E-state index in [2.05, 4.69) is 0 Å². The molecule has 0 aromatic heterocycles. The minimum absolute atomic E-state index is 0.0355. The average Bonchev–Trinajstić information content (AvgIpc) is 2.61. The highest BCUT2D eigenvalue weighted by Crippen LogP contribution is 2.24. The van der Waals surface area contributed by atoms with Crippen molar-refractivity contribution in [2.45, 2.75) is 55.9 Å². The Kier molecular flexibility index (Phi) is 7.48. The molecule has 29 heavy (non-hydrogen) atoms. The first-order valence-electron chi connectivity index (χ1n) is 9.43. The molecule has 0 spiro atoms. The summed E-state index contributed by atoms with van der Waals surface area (Å²) in [7, 11) is -7.09. The number of hydrogen-bond donors (Lipinski definition) is 0. The molecule has 0 aliphatic heterocycles. The quantitative estimate of drug-likeness (QED) is 0.516. The van der Waals surface area contributed by atoms with Gasteiger partial charge in [0.25, 0.3) is 10.1 Å². The molecular formula is C21H28O6S2. The zero-order chi connectivity index (χ0) is 21.7. The number of rotatable bonds is 10. The second kappa shape index (κ2) is 9.28. The molecule has 2 aromatic carbocycles. The molecule has 0 fully saturated rings. The van der Waals surface area contributed by atoms with Crippen LogP contribution in [0.1, 0.15) is 39.2 Å². The van der Waals surface area contributed by atoms with Crippen molar-refractivity contribution >= 4 is 20.0 Å². The predicted octanol–water partition coefficient (Wildman–Crippen LogP) is 4.13. The topological polar surface area (TPSA) is 86.7 Å². The van der Waals surface area contributed by atoms with Gasteiger partial charge in [-0.3, -0.25) is 4.18 Å². The van der Waals surface area contributed by atoms with E-state index in [0.717, 1.165) is 5.56 Å². The Morgan fingerprint density at radius 3 is 1.97 bits per heavy atom. The summed E-state index contributed by atoms with van der Waals surface area (Å²) in [5, 5.41) is 0. The second-order valence-corrected chi connectivity index (χ2v) is 11.2. The van der Waals surface area contributed by atoms with Gasteiger partial charge in [0, 0.05) is 6.42 Å². The highest BCUT2D eigenvalue weighted by Gasteiger charge is 2.23. The van der Waals surface area contributed by atoms with Gasteiger partial charge in [-0.25, -0.2) is 8.42 Å². The molecule has 0 unspecified atom stereocenters. The van der Waals surface area contributed by atoms with Crippen molar-refractivity contribution in [1.29, 1.82) is 0 Å². The van der Waals surface area contributed by atoms with Crippen molar-refractivity contribution in [1.82, 2.24) is 0 Å². The first-order valence-corrected chi connectivity index (χ1v) is 12.5. The third kappa shape index (κ3) is 6.83. The standard InChI is InChI=1S/C21H28O6S2/c1-5-16-28(22,23)19-12-8-18(9-13-19)27-21(3,4)14-15-26-29(24,25)20-10-6-17(2)7-11-20/h6-13H,5,14-16H2,1-4H3. The van der Waals surface area contributed by atoms with Crippen molar-refractivity contribution in [2.24, 2.45) is 0 Å². The highest BCUT2D eigenvalue weighted by atomic mass is 32.2. The van der Waals surface area contributed by atoms with Crippen molar-refractivity contribution in [3.05, 3.63) is 54.1 Å². The second-order valence-electron chi connectivity index (χ2n) is 7.49. The molecule has 0 bridgehead atoms. The van der Waals surface area contributed by atoms with Crippen molar-refractivity contribution < 1.29 is 25.8 Å². The van der Waals surface area contributed by atoms with Gasteiger partial charge in [0.1, 0.15) is 11.4 Å². The van der Waals surface area contributed by atoms with E-state index in [0.29, 0.717) is 18.6 Å². The largest absolute Gasteiger partial charge is 0.488 e. The van der Waals surface area contributed by atoms with Crippen LogP contribution in [-0.2, 0) is 24.1 Å². The van der Waals surface area contributed by atoms with Gasteiger partial charge < -0.3 is 4.74 Å². The van der Waals surface area contributed by atoms with Crippen LogP contribution in [0.25, 0.3) is 0 Å². The first kappa shape index (κ1) is 23.4. The van der Waals surface area contributed by atoms with Crippen molar-refractivity contribution in [2.75, 3.05) is 12.4 Å². The lowest BCUT2D eigenvalue weighted by molar-refractivity contribution is 0.0822. The molecule has 0 saturated heterocycles. The summed E-state index contributed by atoms with van der Waals surface area (Å²) in [4.78, 5) is 0.378. The highest BCUT2D eigenvalue weighted by molar-refractivity contribution is 7.91. The molecule has 2 aromatic rings. The van der Waals surface area contributed by atoms with Crippen LogP contribution in [0.2, 0.25) is 0 Å². The van der Waals surface area contributed by atoms with E-state index < -0.39 is 25.6 Å². The van der Waals surface area contributed by atoms with Gasteiger partial charge >= 0.3 is 0 Å². The van der Waals surface area contributed by atoms with Crippen LogP contribution in [0.3, 0.4) is 0 Å². The van der Waals surface area contributed by atoms with Gasteiger partial charge in [0.15, 0.2) is 9.84 Å². The molecule has 0 atom stereocenters. The summed E-state index contributed by atoms with van der Waals surface area (Å²) in [6.07, 6.45) is 0.882. The van der Waals surface area contributed by atoms with E-state index >= 15 is 0 Å². The van der Waals surface area contributed by atoms with Gasteiger partial charge in [-0.2, -0.15) is 8.42 Å². The lowest BCUT2D eigenvalue weighted by Crippen LogP contribution is -2.30. The third-order valence-corrected chi connectivity index (χ3v) is 7.56. The zero-order valence-electron chi connectivity index (χ0n) is 17.2. The van der Waals surface area contributed by atoms with Crippen molar-refractivity contribution in [3.8, 4) is 5.75 Å². The van der Waals surface area contributed by atoms with Gasteiger partial charge in [-0.05, 0) is 63.6 Å². The van der Waals surface area contributed by atoms with Crippen LogP contribution >= 0.6 is 0 Å². The normalized spacial score (nSPS) is 12.7. The zero-order valence-corrected chi connectivity index (χ0v) is 18.8. The molecule has 0 aliphatic rings. The van der Waals surface area contributed by atoms with Gasteiger partial charge in [-0.1, -0.05) is 24.6 Å². The van der Waals surface area contributed by atoms with Gasteiger partial charge in [0.05, 0.1) is 22.2 Å². The fraction of sp³-hybridized carbons (Fsp3) is 0.429. The Labute approximate surface area is 173 Å². The molecule has 0 saturated carbocycles. The minimum atomic E-state index is -3.82. The molecule has 2 rings (SSSR count). The van der Waals surface area contributed by atoms with E-state index in [9.17, 15) is 16.8 Å². The molecule has 0 N–H and O–H groups in total. The van der Waals surface area contributed by atoms with E-state index in [4.69, 9.17) is 8.92 Å². The molecular weight excluding hydrogens is 412 g/mol. The molecule has 8 heteroatoms. The fourth-order valence-corrected chi connectivity index (χ4v) is 4.87. The monoisotopic (exact) mass is 440 g/mol. The Hall–Kier alpha value is -1.90. The van der Waals surface area contributed by atoms with E-state index in [1.165, 1.54) is 24.3 Å². The molecule has 0 amide bonds. The summed E-state index contributed by atoms with van der Waals surface area (Å²) in [6, 6.07) is 12.7. The predicted molar refractivity (Wildman–Crippen MR) is 112 cm³/mol. The number of benzene rings is 2. The molecule has 6 nitrogen and oxygen atoms in total. The summed E-state index contributed by atoms with van der Waals surface area (Å²) in [5.74, 6) is 0.609. The number of hydrogen-bond acceptors (Lipinski definition) is 6. The van der Waals surface area contributed by atoms with Gasteiger partial charge in [-0.15, -0.1) is 0 Å². The van der Waals surface area contributed by atoms with Gasteiger partial charge in [0.2, 0.25) is 0 Å². The molecule has 0 radical (unpaired) electrons. The SMILES string of the molecule is CCCS(=O)(=O)c1ccc(OC(C)(C)CCOS(=O)(=O)c2ccc(C)cc2)cc1. The summed E-state index contributed by atoms with van der Waals surface area (Å²) in [5.41, 5.74) is 0.263. The number of sulfone groups is 1. The summed E-state index contributed by atoms with van der Waals surface area (Å²) < 4.78 is 59.7. The lowest BCUT2D eigenvalue weighted by Gasteiger charge is -2.26. The average molecular weight is 441 g/mol. The van der Waals surface area contributed by atoms with Crippen molar-refractivity contribution in [3.63, 3.8) is 0 Å². The van der Waals surface area contributed by atoms with Crippen LogP contribution in [0.5, 0.6) is 5.75 Å². The number of aryl methyl sites for hydroxylation is 1. The maximum atomic E-state index is 12.3. The first-order chi connectivity index (χ1) is 13.5. The molecule has 0 heterocycles. The lowest BCUT2D eigenvalue weighted by atomic mass is 10.1. The number of ether oxygens (including phenoxy) is 1.